The van der Waals surface area contributed by atoms with Crippen LogP contribution in [0.5, 0.6) is 11.5 Å². The van der Waals surface area contributed by atoms with Crippen LogP contribution in [0.3, 0.4) is 0 Å². The van der Waals surface area contributed by atoms with Gasteiger partial charge < -0.3 is 14.7 Å². The molecule has 0 heterocycles. The summed E-state index contributed by atoms with van der Waals surface area (Å²) in [6, 6.07) is 11.7. The molecule has 2 aromatic carbocycles. The van der Waals surface area contributed by atoms with E-state index in [1.807, 2.05) is 20.2 Å². The number of ether oxygens (including phenoxy) is 1. The van der Waals surface area contributed by atoms with Crippen molar-refractivity contribution in [3.8, 4) is 11.5 Å². The zero-order chi connectivity index (χ0) is 17.4. The molecule has 0 aliphatic carbocycles. The van der Waals surface area contributed by atoms with Gasteiger partial charge in [0.05, 0.1) is 7.11 Å². The zero-order valence-electron chi connectivity index (χ0n) is 13.5. The van der Waals surface area contributed by atoms with E-state index in [0.29, 0.717) is 14.3 Å². The van der Waals surface area contributed by atoms with Gasteiger partial charge in [-0.05, 0) is 36.8 Å². The summed E-state index contributed by atoms with van der Waals surface area (Å²) in [7, 11) is 15.9. The van der Waals surface area contributed by atoms with E-state index in [4.69, 9.17) is 23.3 Å². The minimum atomic E-state index is -0.556. The van der Waals surface area contributed by atoms with Gasteiger partial charge in [-0.1, -0.05) is 20.7 Å². The molecule has 2 rings (SSSR count). The van der Waals surface area contributed by atoms with Gasteiger partial charge in [-0.2, -0.15) is 0 Å². The third-order valence-corrected chi connectivity index (χ3v) is 4.47. The predicted molar refractivity (Wildman–Crippen MR) is 99.5 cm³/mol. The van der Waals surface area contributed by atoms with Crippen molar-refractivity contribution in [2.75, 3.05) is 26.1 Å². The van der Waals surface area contributed by atoms with Crippen molar-refractivity contribution in [2.24, 2.45) is 0 Å². The summed E-state index contributed by atoms with van der Waals surface area (Å²) in [4.78, 5) is 2.10. The number of phenolic OH excluding ortho intramolecular Hbond substituents is 1. The fraction of sp³-hybridized carbons (Fsp3) is 0.250. The quantitative estimate of drug-likeness (QED) is 0.618. The van der Waals surface area contributed by atoms with Gasteiger partial charge in [-0.15, -0.1) is 0 Å². The van der Waals surface area contributed by atoms with Crippen LogP contribution in [0.1, 0.15) is 5.56 Å². The maximum atomic E-state index is 10.0. The Bertz CT molecular complexity index is 641. The number of phenols is 1. The fourth-order valence-corrected chi connectivity index (χ4v) is 3.31. The van der Waals surface area contributed by atoms with E-state index in [-0.39, 0.29) is 0 Å². The Morgan fingerprint density at radius 1 is 1.09 bits per heavy atom. The number of hydrogen-bond donors (Lipinski definition) is 1. The first kappa shape index (κ1) is 20.6. The molecule has 3 nitrogen and oxygen atoms in total. The molecular formula is C16H20Cl2NO2PTi. The van der Waals surface area contributed by atoms with Crippen LogP contribution < -0.4 is 20.2 Å². The van der Waals surface area contributed by atoms with Crippen molar-refractivity contribution in [3.63, 3.8) is 0 Å². The normalized spacial score (nSPS) is 10.2. The molecule has 0 saturated carbocycles. The molecule has 23 heavy (non-hydrogen) atoms. The topological polar surface area (TPSA) is 32.7 Å². The Balaban J connectivity index is 0.000000816. The van der Waals surface area contributed by atoms with Gasteiger partial charge in [0.1, 0.15) is 11.5 Å². The molecule has 0 amide bonds. The van der Waals surface area contributed by atoms with Crippen LogP contribution in [0.25, 0.3) is 0 Å². The molecular weight excluding hydrogens is 388 g/mol. The number of halogens is 2. The number of anilines is 1. The molecule has 2 aromatic rings. The summed E-state index contributed by atoms with van der Waals surface area (Å²) in [5.41, 5.74) is 2.42. The van der Waals surface area contributed by atoms with Crippen molar-refractivity contribution in [1.29, 1.82) is 0 Å². The molecule has 0 fully saturated rings. The third-order valence-electron chi connectivity index (χ3n) is 3.11. The number of rotatable bonds is 4. The van der Waals surface area contributed by atoms with E-state index in [1.165, 1.54) is 16.6 Å². The predicted octanol–water partition coefficient (Wildman–Crippen LogP) is 3.78. The SMILES string of the molecule is COc1ccc(O)c(Pc2ccc(C)cc2N(C)C)c1.[Cl][Ti][Cl]. The second-order valence-corrected chi connectivity index (χ2v) is 8.90. The molecule has 1 unspecified atom stereocenters. The molecule has 124 valence electrons. The van der Waals surface area contributed by atoms with Gasteiger partial charge >= 0.3 is 35.6 Å². The first-order chi connectivity index (χ1) is 10.9. The third kappa shape index (κ3) is 6.53. The van der Waals surface area contributed by atoms with Crippen LogP contribution in [0, 0.1) is 6.92 Å². The molecule has 0 aromatic heterocycles. The van der Waals surface area contributed by atoms with E-state index in [0.717, 1.165) is 11.1 Å². The number of hydrogen-bond acceptors (Lipinski definition) is 3. The van der Waals surface area contributed by atoms with E-state index < -0.39 is 17.0 Å². The average molecular weight is 408 g/mol. The summed E-state index contributed by atoms with van der Waals surface area (Å²) in [6.07, 6.45) is 0. The molecule has 0 saturated heterocycles. The van der Waals surface area contributed by atoms with Crippen LogP contribution in [0.4, 0.5) is 5.69 Å². The summed E-state index contributed by atoms with van der Waals surface area (Å²) in [5.74, 6) is 1.08. The van der Waals surface area contributed by atoms with E-state index in [1.54, 1.807) is 19.2 Å². The average Bonchev–Trinajstić information content (AvgIpc) is 2.51. The Morgan fingerprint density at radius 2 is 1.74 bits per heavy atom. The van der Waals surface area contributed by atoms with Crippen molar-refractivity contribution < 1.29 is 26.9 Å². The van der Waals surface area contributed by atoms with Crippen LogP contribution in [-0.2, 0) is 17.0 Å². The van der Waals surface area contributed by atoms with Gasteiger partial charge in [0.2, 0.25) is 0 Å². The van der Waals surface area contributed by atoms with Crippen LogP contribution in [-0.4, -0.2) is 26.3 Å². The minimum absolute atomic E-state index is 0.314. The van der Waals surface area contributed by atoms with Gasteiger partial charge in [-0.25, -0.2) is 0 Å². The second-order valence-electron chi connectivity index (χ2n) is 4.99. The van der Waals surface area contributed by atoms with Crippen LogP contribution >= 0.6 is 27.2 Å². The molecule has 0 spiro atoms. The van der Waals surface area contributed by atoms with E-state index >= 15 is 0 Å². The summed E-state index contributed by atoms with van der Waals surface area (Å²) in [5, 5.41) is 12.1. The number of aryl methyl sites for hydroxylation is 1. The van der Waals surface area contributed by atoms with Crippen LogP contribution in [0.15, 0.2) is 36.4 Å². The number of methoxy groups -OCH3 is 1. The fourth-order valence-electron chi connectivity index (χ4n) is 2.00. The van der Waals surface area contributed by atoms with E-state index in [9.17, 15) is 5.11 Å². The summed E-state index contributed by atoms with van der Waals surface area (Å²) >= 11 is -0.556. The van der Waals surface area contributed by atoms with Gasteiger partial charge in [0.15, 0.2) is 0 Å². The summed E-state index contributed by atoms with van der Waals surface area (Å²) in [6.45, 7) is 2.09. The molecule has 0 aliphatic heterocycles. The Morgan fingerprint density at radius 3 is 2.30 bits per heavy atom. The number of aromatic hydroxyl groups is 1. The molecule has 0 radical (unpaired) electrons. The Hall–Kier alpha value is -0.436. The Kier molecular flexibility index (Phi) is 9.35. The van der Waals surface area contributed by atoms with Crippen molar-refractivity contribution >= 4 is 43.5 Å². The Labute approximate surface area is 156 Å². The van der Waals surface area contributed by atoms with Crippen molar-refractivity contribution in [3.05, 3.63) is 42.0 Å². The molecule has 0 aliphatic rings. The monoisotopic (exact) mass is 407 g/mol. The van der Waals surface area contributed by atoms with Crippen molar-refractivity contribution in [2.45, 2.75) is 6.92 Å². The number of nitrogens with zero attached hydrogens (tertiary/aromatic N) is 1. The first-order valence-electron chi connectivity index (χ1n) is 6.81. The first-order valence-corrected chi connectivity index (χ1v) is 12.1. The van der Waals surface area contributed by atoms with Crippen LogP contribution in [0.2, 0.25) is 0 Å². The molecule has 0 bridgehead atoms. The number of benzene rings is 2. The van der Waals surface area contributed by atoms with E-state index in [2.05, 4.69) is 30.0 Å². The second kappa shape index (κ2) is 10.4. The molecule has 7 heteroatoms. The zero-order valence-corrected chi connectivity index (χ0v) is 17.6. The van der Waals surface area contributed by atoms with Gasteiger partial charge in [0, 0.05) is 30.4 Å². The molecule has 1 N–H and O–H groups in total. The standard InChI is InChI=1S/C16H20NO2P.2ClH.Ti/c1-11-5-8-15(13(9-11)17(2)3)20-16-10-12(19-4)6-7-14(16)18;;;/h5-10,18,20H,1-4H3;2*1H;/q;;;+2/p-2. The maximum absolute atomic E-state index is 10.0. The summed E-state index contributed by atoms with van der Waals surface area (Å²) < 4.78 is 5.23. The van der Waals surface area contributed by atoms with Gasteiger partial charge in [-0.3, -0.25) is 0 Å². The molecule has 1 atom stereocenters. The van der Waals surface area contributed by atoms with Gasteiger partial charge in [0.25, 0.3) is 0 Å². The van der Waals surface area contributed by atoms with Crippen molar-refractivity contribution in [1.82, 2.24) is 0 Å².